The first kappa shape index (κ1) is 14.5. The van der Waals surface area contributed by atoms with Gasteiger partial charge in [0.05, 0.1) is 6.04 Å². The second-order valence-corrected chi connectivity index (χ2v) is 5.74. The quantitative estimate of drug-likeness (QED) is 0.846. The van der Waals surface area contributed by atoms with Crippen LogP contribution in [0.3, 0.4) is 0 Å². The molecule has 0 saturated carbocycles. The van der Waals surface area contributed by atoms with E-state index in [1.54, 1.807) is 0 Å². The van der Waals surface area contributed by atoms with Crippen LogP contribution < -0.4 is 4.90 Å². The lowest BCUT2D eigenvalue weighted by atomic mass is 10.0. The molecule has 1 aromatic carbocycles. The summed E-state index contributed by atoms with van der Waals surface area (Å²) in [7, 11) is 4.04. The molecule has 1 saturated heterocycles. The first-order valence-corrected chi connectivity index (χ1v) is 7.42. The minimum absolute atomic E-state index is 0.0602. The number of carbonyl (C=O) groups is 1. The van der Waals surface area contributed by atoms with Gasteiger partial charge in [0.2, 0.25) is 5.91 Å². The number of carbonyl (C=O) groups excluding carboxylic acids is 1. The number of rotatable bonds is 4. The highest BCUT2D eigenvalue weighted by atomic mass is 16.2. The van der Waals surface area contributed by atoms with Crippen molar-refractivity contribution in [3.8, 4) is 0 Å². The van der Waals surface area contributed by atoms with Crippen LogP contribution in [0.15, 0.2) is 30.6 Å². The largest absolute Gasteiger partial charge is 0.378 e. The second-order valence-electron chi connectivity index (χ2n) is 5.74. The second kappa shape index (κ2) is 6.13. The molecule has 0 aliphatic carbocycles. The Morgan fingerprint density at radius 3 is 3.00 bits per heavy atom. The van der Waals surface area contributed by atoms with E-state index in [-0.39, 0.29) is 18.5 Å². The zero-order chi connectivity index (χ0) is 15.5. The van der Waals surface area contributed by atoms with Gasteiger partial charge in [-0.2, -0.15) is 0 Å². The first-order chi connectivity index (χ1) is 10.6. The highest BCUT2D eigenvalue weighted by molar-refractivity contribution is 5.76. The normalized spacial score (nSPS) is 17.7. The van der Waals surface area contributed by atoms with Crippen LogP contribution in [-0.2, 0) is 11.3 Å². The molecule has 2 heterocycles. The molecule has 7 nitrogen and oxygen atoms in total. The molecule has 1 aliphatic heterocycles. The van der Waals surface area contributed by atoms with Crippen molar-refractivity contribution in [3.05, 3.63) is 36.2 Å². The zero-order valence-corrected chi connectivity index (χ0v) is 12.9. The molecule has 0 bridgehead atoms. The average Bonchev–Trinajstić information content (AvgIpc) is 3.18. The maximum absolute atomic E-state index is 12.5. The standard InChI is InChI=1S/C15H20N6O/c1-19(2)13-6-3-5-12(9-13)14-7-4-8-21(14)15(22)10-20-11-16-17-18-20/h3,5-6,9,11,14H,4,7-8,10H2,1-2H3/t14-/m1/s1. The van der Waals surface area contributed by atoms with E-state index in [2.05, 4.69) is 38.6 Å². The van der Waals surface area contributed by atoms with Crippen molar-refractivity contribution in [3.63, 3.8) is 0 Å². The summed E-state index contributed by atoms with van der Waals surface area (Å²) < 4.78 is 1.47. The van der Waals surface area contributed by atoms with Crippen molar-refractivity contribution in [2.24, 2.45) is 0 Å². The summed E-state index contributed by atoms with van der Waals surface area (Å²) in [4.78, 5) is 16.5. The smallest absolute Gasteiger partial charge is 0.244 e. The maximum Gasteiger partial charge on any atom is 0.244 e. The molecule has 1 amide bonds. The van der Waals surface area contributed by atoms with Gasteiger partial charge in [-0.1, -0.05) is 12.1 Å². The summed E-state index contributed by atoms with van der Waals surface area (Å²) in [5.41, 5.74) is 2.34. The molecule has 116 valence electrons. The van der Waals surface area contributed by atoms with E-state index in [0.717, 1.165) is 25.1 Å². The summed E-state index contributed by atoms with van der Waals surface area (Å²) in [5, 5.41) is 10.9. The van der Waals surface area contributed by atoms with Gasteiger partial charge in [-0.05, 0) is 41.0 Å². The topological polar surface area (TPSA) is 67.2 Å². The number of amides is 1. The van der Waals surface area contributed by atoms with Gasteiger partial charge >= 0.3 is 0 Å². The van der Waals surface area contributed by atoms with Crippen LogP contribution in [0.5, 0.6) is 0 Å². The minimum atomic E-state index is 0.0602. The summed E-state index contributed by atoms with van der Waals surface area (Å²) in [6.07, 6.45) is 3.49. The highest BCUT2D eigenvalue weighted by Gasteiger charge is 2.30. The van der Waals surface area contributed by atoms with Gasteiger partial charge in [-0.15, -0.1) is 5.10 Å². The number of hydrogen-bond acceptors (Lipinski definition) is 5. The van der Waals surface area contributed by atoms with Crippen molar-refractivity contribution in [2.45, 2.75) is 25.4 Å². The van der Waals surface area contributed by atoms with E-state index in [1.807, 2.05) is 25.1 Å². The number of hydrogen-bond donors (Lipinski definition) is 0. The molecule has 1 aromatic heterocycles. The van der Waals surface area contributed by atoms with E-state index in [4.69, 9.17) is 0 Å². The first-order valence-electron chi connectivity index (χ1n) is 7.42. The van der Waals surface area contributed by atoms with E-state index in [0.29, 0.717) is 0 Å². The minimum Gasteiger partial charge on any atom is -0.378 e. The molecule has 7 heteroatoms. The number of anilines is 1. The van der Waals surface area contributed by atoms with Crippen LogP contribution in [0.1, 0.15) is 24.4 Å². The van der Waals surface area contributed by atoms with Crippen molar-refractivity contribution in [2.75, 3.05) is 25.5 Å². The van der Waals surface area contributed by atoms with Gasteiger partial charge in [-0.3, -0.25) is 4.79 Å². The van der Waals surface area contributed by atoms with Crippen LogP contribution >= 0.6 is 0 Å². The van der Waals surface area contributed by atoms with Gasteiger partial charge in [0.1, 0.15) is 12.9 Å². The van der Waals surface area contributed by atoms with Crippen LogP contribution in [-0.4, -0.2) is 51.7 Å². The Hall–Kier alpha value is -2.44. The van der Waals surface area contributed by atoms with Gasteiger partial charge in [0.25, 0.3) is 0 Å². The fourth-order valence-corrected chi connectivity index (χ4v) is 2.90. The Kier molecular flexibility index (Phi) is 4.04. The fourth-order valence-electron chi connectivity index (χ4n) is 2.90. The van der Waals surface area contributed by atoms with Crippen molar-refractivity contribution >= 4 is 11.6 Å². The van der Waals surface area contributed by atoms with Crippen LogP contribution in [0.25, 0.3) is 0 Å². The summed E-state index contributed by atoms with van der Waals surface area (Å²) >= 11 is 0. The Bertz CT molecular complexity index is 639. The Balaban J connectivity index is 1.78. The zero-order valence-electron chi connectivity index (χ0n) is 12.9. The molecule has 3 rings (SSSR count). The van der Waals surface area contributed by atoms with E-state index in [9.17, 15) is 4.79 Å². The molecule has 0 N–H and O–H groups in total. The summed E-state index contributed by atoms with van der Waals surface area (Å²) in [6.45, 7) is 0.981. The lowest BCUT2D eigenvalue weighted by Gasteiger charge is -2.26. The van der Waals surface area contributed by atoms with Crippen molar-refractivity contribution in [1.29, 1.82) is 0 Å². The molecule has 1 aliphatic rings. The van der Waals surface area contributed by atoms with E-state index in [1.165, 1.54) is 16.6 Å². The Morgan fingerprint density at radius 1 is 1.41 bits per heavy atom. The van der Waals surface area contributed by atoms with Crippen LogP contribution in [0, 0.1) is 0 Å². The Morgan fingerprint density at radius 2 is 2.27 bits per heavy atom. The third-order valence-electron chi connectivity index (χ3n) is 4.03. The third-order valence-corrected chi connectivity index (χ3v) is 4.03. The van der Waals surface area contributed by atoms with Crippen molar-refractivity contribution < 1.29 is 4.79 Å². The van der Waals surface area contributed by atoms with E-state index >= 15 is 0 Å². The predicted molar refractivity (Wildman–Crippen MR) is 82.3 cm³/mol. The molecular formula is C15H20N6O. The lowest BCUT2D eigenvalue weighted by Crippen LogP contribution is -2.33. The molecule has 2 aromatic rings. The molecule has 0 unspecified atom stereocenters. The van der Waals surface area contributed by atoms with Gasteiger partial charge < -0.3 is 9.80 Å². The molecule has 0 spiro atoms. The van der Waals surface area contributed by atoms with Gasteiger partial charge in [0.15, 0.2) is 0 Å². The number of benzene rings is 1. The molecule has 22 heavy (non-hydrogen) atoms. The van der Waals surface area contributed by atoms with E-state index < -0.39 is 0 Å². The van der Waals surface area contributed by atoms with Gasteiger partial charge in [0, 0.05) is 26.3 Å². The maximum atomic E-state index is 12.5. The number of likely N-dealkylation sites (tertiary alicyclic amines) is 1. The number of nitrogens with zero attached hydrogens (tertiary/aromatic N) is 6. The summed E-state index contributed by atoms with van der Waals surface area (Å²) in [5.74, 6) is 0.0602. The number of aromatic nitrogens is 4. The molecule has 1 atom stereocenters. The third kappa shape index (κ3) is 2.93. The predicted octanol–water partition coefficient (Wildman–Crippen LogP) is 1.10. The fraction of sp³-hybridized carbons (Fsp3) is 0.467. The molecule has 1 fully saturated rings. The lowest BCUT2D eigenvalue weighted by molar-refractivity contribution is -0.133. The van der Waals surface area contributed by atoms with Gasteiger partial charge in [-0.25, -0.2) is 4.68 Å². The molecular weight excluding hydrogens is 280 g/mol. The van der Waals surface area contributed by atoms with Crippen LogP contribution in [0.4, 0.5) is 5.69 Å². The summed E-state index contributed by atoms with van der Waals surface area (Å²) in [6, 6.07) is 8.52. The SMILES string of the molecule is CN(C)c1cccc([C@H]2CCCN2C(=O)Cn2cnnn2)c1. The Labute approximate surface area is 129 Å². The number of tetrazole rings is 1. The average molecular weight is 300 g/mol. The highest BCUT2D eigenvalue weighted by Crippen LogP contribution is 2.33. The molecule has 0 radical (unpaired) electrons. The monoisotopic (exact) mass is 300 g/mol. The van der Waals surface area contributed by atoms with Crippen molar-refractivity contribution in [1.82, 2.24) is 25.1 Å². The van der Waals surface area contributed by atoms with Crippen LogP contribution in [0.2, 0.25) is 0 Å².